The van der Waals surface area contributed by atoms with Crippen molar-refractivity contribution in [1.29, 1.82) is 0 Å². The molecule has 2 N–H and O–H groups in total. The minimum atomic E-state index is -0.116. The maximum atomic E-state index is 12.3. The summed E-state index contributed by atoms with van der Waals surface area (Å²) < 4.78 is 11.2. The van der Waals surface area contributed by atoms with E-state index in [4.69, 9.17) is 9.47 Å². The number of morpholine rings is 1. The monoisotopic (exact) mass is 424 g/mol. The van der Waals surface area contributed by atoms with Crippen LogP contribution in [0.15, 0.2) is 53.5 Å². The molecule has 2 aromatic carbocycles. The molecule has 1 heterocycles. The average Bonchev–Trinajstić information content (AvgIpc) is 2.81. The fourth-order valence-corrected chi connectivity index (χ4v) is 3.55. The molecule has 0 aliphatic carbocycles. The zero-order chi connectivity index (χ0) is 22.1. The SMILES string of the molecule is CCNC(=NCC(=O)NCc1ccc(OC)cc1)N1CCOC(c2ccccc2C)C1. The van der Waals surface area contributed by atoms with E-state index in [-0.39, 0.29) is 18.6 Å². The summed E-state index contributed by atoms with van der Waals surface area (Å²) in [4.78, 5) is 19.1. The lowest BCUT2D eigenvalue weighted by Crippen LogP contribution is -2.48. The van der Waals surface area contributed by atoms with Crippen LogP contribution >= 0.6 is 0 Å². The van der Waals surface area contributed by atoms with Gasteiger partial charge in [-0.2, -0.15) is 0 Å². The number of aryl methyl sites for hydroxylation is 1. The number of guanidine groups is 1. The van der Waals surface area contributed by atoms with Gasteiger partial charge >= 0.3 is 0 Å². The number of nitrogens with zero attached hydrogens (tertiary/aromatic N) is 2. The first-order valence-corrected chi connectivity index (χ1v) is 10.7. The number of carbonyl (C=O) groups excluding carboxylic acids is 1. The minimum Gasteiger partial charge on any atom is -0.497 e. The Bertz CT molecular complexity index is 883. The Morgan fingerprint density at radius 2 is 1.97 bits per heavy atom. The van der Waals surface area contributed by atoms with Crippen molar-refractivity contribution in [2.45, 2.75) is 26.5 Å². The van der Waals surface area contributed by atoms with Gasteiger partial charge in [0.1, 0.15) is 18.4 Å². The normalized spacial score (nSPS) is 16.7. The maximum absolute atomic E-state index is 12.3. The van der Waals surface area contributed by atoms with Gasteiger partial charge < -0.3 is 25.0 Å². The maximum Gasteiger partial charge on any atom is 0.242 e. The molecule has 7 heteroatoms. The molecule has 1 amide bonds. The van der Waals surface area contributed by atoms with Gasteiger partial charge in [0, 0.05) is 19.6 Å². The van der Waals surface area contributed by atoms with E-state index < -0.39 is 0 Å². The van der Waals surface area contributed by atoms with E-state index in [2.05, 4.69) is 39.6 Å². The number of nitrogens with one attached hydrogen (secondary N) is 2. The number of amides is 1. The molecular weight excluding hydrogens is 392 g/mol. The Hall–Kier alpha value is -3.06. The summed E-state index contributed by atoms with van der Waals surface area (Å²) in [6.07, 6.45) is -0.0114. The Morgan fingerprint density at radius 3 is 2.68 bits per heavy atom. The van der Waals surface area contributed by atoms with Gasteiger partial charge in [-0.15, -0.1) is 0 Å². The van der Waals surface area contributed by atoms with Crippen LogP contribution in [0.3, 0.4) is 0 Å². The lowest BCUT2D eigenvalue weighted by atomic mass is 10.0. The predicted octanol–water partition coefficient (Wildman–Crippen LogP) is 2.66. The fourth-order valence-electron chi connectivity index (χ4n) is 3.55. The van der Waals surface area contributed by atoms with Gasteiger partial charge in [-0.3, -0.25) is 4.79 Å². The summed E-state index contributed by atoms with van der Waals surface area (Å²) in [7, 11) is 1.63. The van der Waals surface area contributed by atoms with Gasteiger partial charge in [0.05, 0.1) is 20.3 Å². The molecule has 0 bridgehead atoms. The van der Waals surface area contributed by atoms with E-state index in [1.165, 1.54) is 11.1 Å². The highest BCUT2D eigenvalue weighted by Crippen LogP contribution is 2.25. The van der Waals surface area contributed by atoms with Crippen LogP contribution in [0.4, 0.5) is 0 Å². The van der Waals surface area contributed by atoms with E-state index in [9.17, 15) is 4.79 Å². The summed E-state index contributed by atoms with van der Waals surface area (Å²) in [5.41, 5.74) is 3.42. The number of benzene rings is 2. The first kappa shape index (κ1) is 22.6. The lowest BCUT2D eigenvalue weighted by Gasteiger charge is -2.35. The molecule has 1 unspecified atom stereocenters. The van der Waals surface area contributed by atoms with Crippen molar-refractivity contribution in [3.8, 4) is 5.75 Å². The second-order valence-electron chi connectivity index (χ2n) is 7.46. The molecule has 1 fully saturated rings. The summed E-state index contributed by atoms with van der Waals surface area (Å²) in [5.74, 6) is 1.42. The molecule has 1 saturated heterocycles. The number of hydrogen-bond donors (Lipinski definition) is 2. The quantitative estimate of drug-likeness (QED) is 0.528. The zero-order valence-corrected chi connectivity index (χ0v) is 18.6. The van der Waals surface area contributed by atoms with E-state index in [0.29, 0.717) is 19.7 Å². The highest BCUT2D eigenvalue weighted by molar-refractivity contribution is 5.85. The molecule has 0 saturated carbocycles. The fraction of sp³-hybridized carbons (Fsp3) is 0.417. The van der Waals surface area contributed by atoms with Crippen molar-refractivity contribution in [3.63, 3.8) is 0 Å². The van der Waals surface area contributed by atoms with Crippen molar-refractivity contribution >= 4 is 11.9 Å². The lowest BCUT2D eigenvalue weighted by molar-refractivity contribution is -0.119. The Labute approximate surface area is 184 Å². The third-order valence-corrected chi connectivity index (χ3v) is 5.26. The highest BCUT2D eigenvalue weighted by Gasteiger charge is 2.25. The Morgan fingerprint density at radius 1 is 1.19 bits per heavy atom. The topological polar surface area (TPSA) is 75.2 Å². The number of methoxy groups -OCH3 is 1. The van der Waals surface area contributed by atoms with Gasteiger partial charge in [0.15, 0.2) is 5.96 Å². The molecule has 31 heavy (non-hydrogen) atoms. The van der Waals surface area contributed by atoms with Crippen molar-refractivity contribution in [2.75, 3.05) is 39.9 Å². The summed E-state index contributed by atoms with van der Waals surface area (Å²) in [5, 5.41) is 6.23. The smallest absolute Gasteiger partial charge is 0.242 e. The molecular formula is C24H32N4O3. The number of ether oxygens (including phenoxy) is 2. The van der Waals surface area contributed by atoms with Crippen LogP contribution in [0.5, 0.6) is 5.75 Å². The number of rotatable bonds is 7. The average molecular weight is 425 g/mol. The molecule has 1 aliphatic heterocycles. The molecule has 7 nitrogen and oxygen atoms in total. The second-order valence-corrected chi connectivity index (χ2v) is 7.46. The first-order chi connectivity index (χ1) is 15.1. The van der Waals surface area contributed by atoms with Gasteiger partial charge in [0.25, 0.3) is 0 Å². The Balaban J connectivity index is 1.58. The zero-order valence-electron chi connectivity index (χ0n) is 18.6. The number of aliphatic imine (C=N–C) groups is 1. The van der Waals surface area contributed by atoms with Crippen LogP contribution in [-0.2, 0) is 16.1 Å². The van der Waals surface area contributed by atoms with E-state index >= 15 is 0 Å². The third-order valence-electron chi connectivity index (χ3n) is 5.26. The molecule has 1 atom stereocenters. The summed E-state index contributed by atoms with van der Waals surface area (Å²) in [6.45, 7) is 7.45. The van der Waals surface area contributed by atoms with Crippen LogP contribution < -0.4 is 15.4 Å². The molecule has 3 rings (SSSR count). The molecule has 166 valence electrons. The van der Waals surface area contributed by atoms with Gasteiger partial charge in [-0.25, -0.2) is 4.99 Å². The largest absolute Gasteiger partial charge is 0.497 e. The van der Waals surface area contributed by atoms with Crippen molar-refractivity contribution < 1.29 is 14.3 Å². The number of hydrogen-bond acceptors (Lipinski definition) is 4. The third kappa shape index (κ3) is 6.46. The molecule has 0 spiro atoms. The predicted molar refractivity (Wildman–Crippen MR) is 122 cm³/mol. The van der Waals surface area contributed by atoms with Crippen molar-refractivity contribution in [3.05, 3.63) is 65.2 Å². The minimum absolute atomic E-state index is 0.0114. The van der Waals surface area contributed by atoms with Gasteiger partial charge in [0.2, 0.25) is 5.91 Å². The van der Waals surface area contributed by atoms with E-state index in [0.717, 1.165) is 30.4 Å². The van der Waals surface area contributed by atoms with Crippen molar-refractivity contribution in [1.82, 2.24) is 15.5 Å². The van der Waals surface area contributed by atoms with Crippen molar-refractivity contribution in [2.24, 2.45) is 4.99 Å². The van der Waals surface area contributed by atoms with Gasteiger partial charge in [-0.1, -0.05) is 36.4 Å². The second kappa shape index (κ2) is 11.4. The van der Waals surface area contributed by atoms with E-state index in [1.54, 1.807) is 7.11 Å². The van der Waals surface area contributed by atoms with Crippen LogP contribution in [0.25, 0.3) is 0 Å². The summed E-state index contributed by atoms with van der Waals surface area (Å²) in [6, 6.07) is 15.9. The van der Waals surface area contributed by atoms with Crippen LogP contribution in [0.2, 0.25) is 0 Å². The van der Waals surface area contributed by atoms with Gasteiger partial charge in [-0.05, 0) is 42.7 Å². The van der Waals surface area contributed by atoms with E-state index in [1.807, 2.05) is 43.3 Å². The molecule has 0 aromatic heterocycles. The summed E-state index contributed by atoms with van der Waals surface area (Å²) >= 11 is 0. The van der Waals surface area contributed by atoms with Crippen LogP contribution in [-0.4, -0.2) is 56.7 Å². The molecule has 1 aliphatic rings. The standard InChI is InChI=1S/C24H32N4O3/c1-4-25-24(27-16-23(29)26-15-19-9-11-20(30-3)12-10-19)28-13-14-31-22(17-28)21-8-6-5-7-18(21)2/h5-12,22H,4,13-17H2,1-3H3,(H,25,27)(H,26,29). The highest BCUT2D eigenvalue weighted by atomic mass is 16.5. The molecule has 2 aromatic rings. The first-order valence-electron chi connectivity index (χ1n) is 10.7. The van der Waals surface area contributed by atoms with Crippen LogP contribution in [0, 0.1) is 6.92 Å². The number of carbonyl (C=O) groups is 1. The molecule has 0 radical (unpaired) electrons. The Kier molecular flexibility index (Phi) is 8.29. The van der Waals surface area contributed by atoms with Crippen LogP contribution in [0.1, 0.15) is 29.7 Å².